The molecule has 3 rings (SSSR count). The highest BCUT2D eigenvalue weighted by Gasteiger charge is 2.30. The summed E-state index contributed by atoms with van der Waals surface area (Å²) in [6, 6.07) is 0.215. The molecule has 1 aromatic rings. The minimum atomic E-state index is 0.215. The van der Waals surface area contributed by atoms with E-state index in [1.807, 2.05) is 4.90 Å². The molecule has 1 aliphatic carbocycles. The minimum absolute atomic E-state index is 0.215. The minimum Gasteiger partial charge on any atom is -0.336 e. The highest BCUT2D eigenvalue weighted by molar-refractivity contribution is 5.76. The summed E-state index contributed by atoms with van der Waals surface area (Å²) in [4.78, 5) is 19.3. The standard InChI is InChI=1S/C17H28N4O/c1-11(2)17-19-14-10-21(8-7-15(14)20(17)3)16(22)9-12-5-4-6-13(12)18/h11-13H,4-10,18H2,1-3H3/t12-,13+/m0/s1. The van der Waals surface area contributed by atoms with Crippen molar-refractivity contribution in [3.05, 3.63) is 17.2 Å². The maximum Gasteiger partial charge on any atom is 0.223 e. The van der Waals surface area contributed by atoms with Gasteiger partial charge in [0.05, 0.1) is 12.2 Å². The van der Waals surface area contributed by atoms with Crippen molar-refractivity contribution in [1.82, 2.24) is 14.5 Å². The molecule has 0 bridgehead atoms. The summed E-state index contributed by atoms with van der Waals surface area (Å²) in [5, 5.41) is 0. The number of amides is 1. The Morgan fingerprint density at radius 1 is 1.41 bits per heavy atom. The molecule has 0 spiro atoms. The van der Waals surface area contributed by atoms with Crippen molar-refractivity contribution < 1.29 is 4.79 Å². The van der Waals surface area contributed by atoms with Crippen LogP contribution < -0.4 is 5.73 Å². The second kappa shape index (κ2) is 6.03. The zero-order chi connectivity index (χ0) is 15.9. The molecule has 5 nitrogen and oxygen atoms in total. The third-order valence-corrected chi connectivity index (χ3v) is 5.31. The number of carbonyl (C=O) groups is 1. The first kappa shape index (κ1) is 15.5. The predicted octanol–water partition coefficient (Wildman–Crippen LogP) is 1.95. The average molecular weight is 304 g/mol. The van der Waals surface area contributed by atoms with Crippen molar-refractivity contribution >= 4 is 5.91 Å². The molecule has 2 N–H and O–H groups in total. The monoisotopic (exact) mass is 304 g/mol. The van der Waals surface area contributed by atoms with Crippen molar-refractivity contribution in [3.8, 4) is 0 Å². The third kappa shape index (κ3) is 2.78. The molecule has 1 aliphatic heterocycles. The van der Waals surface area contributed by atoms with Gasteiger partial charge in [0.1, 0.15) is 5.82 Å². The van der Waals surface area contributed by atoms with Crippen molar-refractivity contribution in [3.63, 3.8) is 0 Å². The second-order valence-electron chi connectivity index (χ2n) is 7.20. The molecule has 2 atom stereocenters. The topological polar surface area (TPSA) is 64.2 Å². The number of hydrogen-bond acceptors (Lipinski definition) is 3. The van der Waals surface area contributed by atoms with Crippen LogP contribution in [0.15, 0.2) is 0 Å². The SMILES string of the molecule is CC(C)c1nc2c(n1C)CCN(C(=O)C[C@@H]1CCC[C@H]1N)C2. The molecule has 1 fully saturated rings. The van der Waals surface area contributed by atoms with Gasteiger partial charge >= 0.3 is 0 Å². The summed E-state index contributed by atoms with van der Waals surface area (Å²) >= 11 is 0. The van der Waals surface area contributed by atoms with Crippen molar-refractivity contribution in [2.75, 3.05) is 6.54 Å². The van der Waals surface area contributed by atoms with Gasteiger partial charge in [-0.2, -0.15) is 0 Å². The third-order valence-electron chi connectivity index (χ3n) is 5.31. The summed E-state index contributed by atoms with van der Waals surface area (Å²) in [6.45, 7) is 5.80. The van der Waals surface area contributed by atoms with Gasteiger partial charge in [0.2, 0.25) is 5.91 Å². The maximum absolute atomic E-state index is 12.6. The van der Waals surface area contributed by atoms with Gasteiger partial charge in [-0.15, -0.1) is 0 Å². The van der Waals surface area contributed by atoms with Gasteiger partial charge in [-0.3, -0.25) is 4.79 Å². The van der Waals surface area contributed by atoms with Crippen LogP contribution in [-0.4, -0.2) is 32.9 Å². The van der Waals surface area contributed by atoms with Crippen LogP contribution in [0.2, 0.25) is 0 Å². The summed E-state index contributed by atoms with van der Waals surface area (Å²) < 4.78 is 2.22. The van der Waals surface area contributed by atoms with Gasteiger partial charge in [-0.1, -0.05) is 20.3 Å². The van der Waals surface area contributed by atoms with E-state index in [1.54, 1.807) is 0 Å². The lowest BCUT2D eigenvalue weighted by Crippen LogP contribution is -2.38. The van der Waals surface area contributed by atoms with Crippen LogP contribution in [0.5, 0.6) is 0 Å². The zero-order valence-corrected chi connectivity index (χ0v) is 14.0. The van der Waals surface area contributed by atoms with E-state index in [0.29, 0.717) is 24.8 Å². The van der Waals surface area contributed by atoms with Crippen molar-refractivity contribution in [2.24, 2.45) is 18.7 Å². The van der Waals surface area contributed by atoms with Gasteiger partial charge < -0.3 is 15.2 Å². The quantitative estimate of drug-likeness (QED) is 0.928. The van der Waals surface area contributed by atoms with Crippen LogP contribution in [0.25, 0.3) is 0 Å². The number of nitrogens with zero attached hydrogens (tertiary/aromatic N) is 3. The fourth-order valence-electron chi connectivity index (χ4n) is 3.95. The van der Waals surface area contributed by atoms with E-state index in [9.17, 15) is 4.79 Å². The molecule has 0 unspecified atom stereocenters. The average Bonchev–Trinajstić information content (AvgIpc) is 3.03. The largest absolute Gasteiger partial charge is 0.336 e. The lowest BCUT2D eigenvalue weighted by molar-refractivity contribution is -0.133. The zero-order valence-electron chi connectivity index (χ0n) is 14.0. The lowest BCUT2D eigenvalue weighted by atomic mass is 9.99. The molecule has 1 aromatic heterocycles. The Balaban J connectivity index is 1.68. The number of nitrogens with two attached hydrogens (primary N) is 1. The smallest absolute Gasteiger partial charge is 0.223 e. The Labute approximate surface area is 132 Å². The van der Waals surface area contributed by atoms with E-state index in [0.717, 1.165) is 37.3 Å². The summed E-state index contributed by atoms with van der Waals surface area (Å²) in [5.41, 5.74) is 8.48. The number of carbonyl (C=O) groups excluding carboxylic acids is 1. The van der Waals surface area contributed by atoms with E-state index in [2.05, 4.69) is 25.5 Å². The summed E-state index contributed by atoms with van der Waals surface area (Å²) in [7, 11) is 2.09. The molecule has 22 heavy (non-hydrogen) atoms. The first-order valence-electron chi connectivity index (χ1n) is 8.55. The van der Waals surface area contributed by atoms with Gasteiger partial charge in [-0.05, 0) is 18.8 Å². The Morgan fingerprint density at radius 2 is 2.18 bits per heavy atom. The lowest BCUT2D eigenvalue weighted by Gasteiger charge is -2.28. The molecule has 1 amide bonds. The van der Waals surface area contributed by atoms with E-state index in [-0.39, 0.29) is 11.9 Å². The molecule has 0 radical (unpaired) electrons. The second-order valence-corrected chi connectivity index (χ2v) is 7.20. The molecule has 122 valence electrons. The molecule has 2 heterocycles. The molecule has 5 heteroatoms. The number of aromatic nitrogens is 2. The molecular formula is C17H28N4O. The van der Waals surface area contributed by atoms with Gasteiger partial charge in [-0.25, -0.2) is 4.98 Å². The Morgan fingerprint density at radius 3 is 2.82 bits per heavy atom. The van der Waals surface area contributed by atoms with Gasteiger partial charge in [0, 0.05) is 44.1 Å². The van der Waals surface area contributed by atoms with Crippen molar-refractivity contribution in [1.29, 1.82) is 0 Å². The van der Waals surface area contributed by atoms with Crippen LogP contribution in [-0.2, 0) is 24.8 Å². The normalized spacial score (nSPS) is 24.9. The molecule has 1 saturated carbocycles. The van der Waals surface area contributed by atoms with Crippen LogP contribution in [0.3, 0.4) is 0 Å². The van der Waals surface area contributed by atoms with Crippen LogP contribution in [0.1, 0.15) is 62.7 Å². The van der Waals surface area contributed by atoms with Crippen LogP contribution >= 0.6 is 0 Å². The van der Waals surface area contributed by atoms with Gasteiger partial charge in [0.15, 0.2) is 0 Å². The molecule has 0 saturated heterocycles. The Hall–Kier alpha value is -1.36. The first-order chi connectivity index (χ1) is 10.5. The number of hydrogen-bond donors (Lipinski definition) is 1. The van der Waals surface area contributed by atoms with E-state index in [4.69, 9.17) is 10.7 Å². The van der Waals surface area contributed by atoms with Crippen molar-refractivity contribution in [2.45, 2.75) is 64.5 Å². The number of rotatable bonds is 3. The van der Waals surface area contributed by atoms with Crippen LogP contribution in [0.4, 0.5) is 0 Å². The fourth-order valence-corrected chi connectivity index (χ4v) is 3.95. The fraction of sp³-hybridized carbons (Fsp3) is 0.765. The van der Waals surface area contributed by atoms with Gasteiger partial charge in [0.25, 0.3) is 0 Å². The molecule has 2 aliphatic rings. The van der Waals surface area contributed by atoms with Crippen LogP contribution in [0, 0.1) is 5.92 Å². The Bertz CT molecular complexity index is 563. The predicted molar refractivity (Wildman–Crippen MR) is 86.4 cm³/mol. The Kier molecular flexibility index (Phi) is 4.26. The summed E-state index contributed by atoms with van der Waals surface area (Å²) in [6.07, 6.45) is 4.86. The first-order valence-corrected chi connectivity index (χ1v) is 8.55. The molecule has 0 aromatic carbocycles. The highest BCUT2D eigenvalue weighted by atomic mass is 16.2. The summed E-state index contributed by atoms with van der Waals surface area (Å²) in [5.74, 6) is 2.17. The maximum atomic E-state index is 12.6. The number of fused-ring (bicyclic) bond motifs is 1. The highest BCUT2D eigenvalue weighted by Crippen LogP contribution is 2.29. The van der Waals surface area contributed by atoms with E-state index >= 15 is 0 Å². The number of imidazole rings is 1. The van der Waals surface area contributed by atoms with E-state index < -0.39 is 0 Å². The van der Waals surface area contributed by atoms with E-state index in [1.165, 1.54) is 12.1 Å². The molecular weight excluding hydrogens is 276 g/mol.